The number of ether oxygens (including phenoxy) is 1. The summed E-state index contributed by atoms with van der Waals surface area (Å²) in [5, 5.41) is 22.7. The first-order valence-electron chi connectivity index (χ1n) is 8.21. The fraction of sp³-hybridized carbons (Fsp3) is 0.200. The third-order valence-corrected chi connectivity index (χ3v) is 3.92. The van der Waals surface area contributed by atoms with Gasteiger partial charge >= 0.3 is 0 Å². The second-order valence-corrected chi connectivity index (χ2v) is 6.09. The molecular weight excluding hydrogens is 346 g/mol. The Morgan fingerprint density at radius 1 is 1.26 bits per heavy atom. The molecule has 0 aromatic heterocycles. The Bertz CT molecular complexity index is 925. The van der Waals surface area contributed by atoms with Crippen molar-refractivity contribution < 1.29 is 14.5 Å². The highest BCUT2D eigenvalue weighted by Crippen LogP contribution is 2.29. The summed E-state index contributed by atoms with van der Waals surface area (Å²) in [6.07, 6.45) is 1.48. The molecule has 0 atom stereocenters. The number of amides is 1. The molecule has 0 saturated carbocycles. The van der Waals surface area contributed by atoms with Crippen LogP contribution in [0.4, 0.5) is 11.4 Å². The molecule has 0 aliphatic rings. The van der Waals surface area contributed by atoms with Gasteiger partial charge < -0.3 is 10.1 Å². The van der Waals surface area contributed by atoms with E-state index in [-0.39, 0.29) is 22.7 Å². The van der Waals surface area contributed by atoms with E-state index in [1.807, 2.05) is 30.3 Å². The van der Waals surface area contributed by atoms with E-state index in [0.29, 0.717) is 5.92 Å². The van der Waals surface area contributed by atoms with Gasteiger partial charge in [0.25, 0.3) is 11.6 Å². The SMILES string of the molecule is COc1cc([N+](=O)[O-])ccc1NC(=O)/C(C#N)=C/c1ccc(C(C)C)cc1. The third-order valence-electron chi connectivity index (χ3n) is 3.92. The Morgan fingerprint density at radius 3 is 2.44 bits per heavy atom. The van der Waals surface area contributed by atoms with Crippen molar-refractivity contribution >= 4 is 23.4 Å². The molecule has 0 fully saturated rings. The van der Waals surface area contributed by atoms with Gasteiger partial charge in [-0.05, 0) is 29.2 Å². The first-order chi connectivity index (χ1) is 12.8. The van der Waals surface area contributed by atoms with Crippen molar-refractivity contribution in [1.29, 1.82) is 5.26 Å². The van der Waals surface area contributed by atoms with Gasteiger partial charge in [0.05, 0.1) is 23.8 Å². The van der Waals surface area contributed by atoms with E-state index in [1.54, 1.807) is 0 Å². The summed E-state index contributed by atoms with van der Waals surface area (Å²) < 4.78 is 5.08. The van der Waals surface area contributed by atoms with Crippen molar-refractivity contribution in [1.82, 2.24) is 0 Å². The predicted octanol–water partition coefficient (Wildman–Crippen LogP) is 4.27. The number of methoxy groups -OCH3 is 1. The van der Waals surface area contributed by atoms with Crippen LogP contribution in [0, 0.1) is 21.4 Å². The molecule has 0 aliphatic heterocycles. The first kappa shape index (κ1) is 19.7. The molecule has 0 bridgehead atoms. The molecular formula is C20H19N3O4. The molecule has 7 heteroatoms. The van der Waals surface area contributed by atoms with Crippen LogP contribution in [-0.4, -0.2) is 17.9 Å². The molecule has 138 valence electrons. The summed E-state index contributed by atoms with van der Waals surface area (Å²) in [7, 11) is 1.34. The van der Waals surface area contributed by atoms with Crippen LogP contribution in [0.5, 0.6) is 5.75 Å². The normalized spacial score (nSPS) is 11.0. The number of nitrogens with one attached hydrogen (secondary N) is 1. The monoisotopic (exact) mass is 365 g/mol. The van der Waals surface area contributed by atoms with Gasteiger partial charge in [-0.15, -0.1) is 0 Å². The Hall–Kier alpha value is -3.66. The van der Waals surface area contributed by atoms with Crippen LogP contribution in [0.2, 0.25) is 0 Å². The second kappa shape index (κ2) is 8.63. The Morgan fingerprint density at radius 2 is 1.93 bits per heavy atom. The minimum atomic E-state index is -0.627. The van der Waals surface area contributed by atoms with Crippen LogP contribution in [0.25, 0.3) is 6.08 Å². The minimum Gasteiger partial charge on any atom is -0.494 e. The number of nitriles is 1. The maximum absolute atomic E-state index is 12.4. The molecule has 0 aliphatic carbocycles. The highest BCUT2D eigenvalue weighted by Gasteiger charge is 2.15. The van der Waals surface area contributed by atoms with E-state index in [2.05, 4.69) is 19.2 Å². The van der Waals surface area contributed by atoms with Crippen LogP contribution >= 0.6 is 0 Å². The molecule has 2 aromatic rings. The van der Waals surface area contributed by atoms with Crippen molar-refractivity contribution in [3.63, 3.8) is 0 Å². The Balaban J connectivity index is 2.25. The van der Waals surface area contributed by atoms with E-state index in [1.165, 1.54) is 31.4 Å². The maximum atomic E-state index is 12.4. The lowest BCUT2D eigenvalue weighted by Gasteiger charge is -2.09. The van der Waals surface area contributed by atoms with Crippen LogP contribution in [0.1, 0.15) is 30.9 Å². The standard InChI is InChI=1S/C20H19N3O4/c1-13(2)15-6-4-14(5-7-15)10-16(12-21)20(24)22-18-9-8-17(23(25)26)11-19(18)27-3/h4-11,13H,1-3H3,(H,22,24)/b16-10+. The third kappa shape index (κ3) is 4.92. The van der Waals surface area contributed by atoms with Gasteiger partial charge in [-0.25, -0.2) is 0 Å². The van der Waals surface area contributed by atoms with E-state index >= 15 is 0 Å². The fourth-order valence-electron chi connectivity index (χ4n) is 2.38. The summed E-state index contributed by atoms with van der Waals surface area (Å²) in [4.78, 5) is 22.7. The Kier molecular flexibility index (Phi) is 6.28. The van der Waals surface area contributed by atoms with E-state index < -0.39 is 10.8 Å². The molecule has 0 radical (unpaired) electrons. The van der Waals surface area contributed by atoms with Crippen molar-refractivity contribution in [2.45, 2.75) is 19.8 Å². The summed E-state index contributed by atoms with van der Waals surface area (Å²) in [6, 6.07) is 13.3. The quantitative estimate of drug-likeness (QED) is 0.356. The number of nitrogens with zero attached hydrogens (tertiary/aromatic N) is 2. The molecule has 0 unspecified atom stereocenters. The van der Waals surface area contributed by atoms with Gasteiger partial charge in [0.2, 0.25) is 0 Å². The van der Waals surface area contributed by atoms with E-state index in [0.717, 1.165) is 11.1 Å². The summed E-state index contributed by atoms with van der Waals surface area (Å²) >= 11 is 0. The number of carbonyl (C=O) groups excluding carboxylic acids is 1. The van der Waals surface area contributed by atoms with Gasteiger partial charge in [-0.1, -0.05) is 38.1 Å². The van der Waals surface area contributed by atoms with Crippen LogP contribution in [0.15, 0.2) is 48.0 Å². The topological polar surface area (TPSA) is 105 Å². The van der Waals surface area contributed by atoms with E-state index in [9.17, 15) is 20.2 Å². The van der Waals surface area contributed by atoms with Crippen LogP contribution in [-0.2, 0) is 4.79 Å². The first-order valence-corrected chi connectivity index (χ1v) is 8.21. The maximum Gasteiger partial charge on any atom is 0.273 e. The second-order valence-electron chi connectivity index (χ2n) is 6.09. The molecule has 27 heavy (non-hydrogen) atoms. The van der Waals surface area contributed by atoms with Crippen molar-refractivity contribution in [2.75, 3.05) is 12.4 Å². The van der Waals surface area contributed by atoms with Crippen LogP contribution < -0.4 is 10.1 Å². The van der Waals surface area contributed by atoms with Gasteiger partial charge in [-0.2, -0.15) is 5.26 Å². The lowest BCUT2D eigenvalue weighted by Crippen LogP contribution is -2.14. The molecule has 2 aromatic carbocycles. The zero-order valence-electron chi connectivity index (χ0n) is 15.2. The predicted molar refractivity (Wildman–Crippen MR) is 102 cm³/mol. The lowest BCUT2D eigenvalue weighted by molar-refractivity contribution is -0.384. The number of rotatable bonds is 6. The summed E-state index contributed by atoms with van der Waals surface area (Å²) in [5.74, 6) is -0.106. The molecule has 7 nitrogen and oxygen atoms in total. The lowest BCUT2D eigenvalue weighted by atomic mass is 10.0. The fourth-order valence-corrected chi connectivity index (χ4v) is 2.38. The zero-order chi connectivity index (χ0) is 20.0. The highest BCUT2D eigenvalue weighted by atomic mass is 16.6. The molecule has 2 rings (SSSR count). The molecule has 0 saturated heterocycles. The largest absolute Gasteiger partial charge is 0.494 e. The smallest absolute Gasteiger partial charge is 0.273 e. The number of carbonyl (C=O) groups is 1. The van der Waals surface area contributed by atoms with Gasteiger partial charge in [0.15, 0.2) is 0 Å². The number of nitro benzene ring substituents is 1. The number of anilines is 1. The number of non-ortho nitro benzene ring substituents is 1. The van der Waals surface area contributed by atoms with Crippen molar-refractivity contribution in [3.8, 4) is 11.8 Å². The molecule has 1 N–H and O–H groups in total. The molecule has 1 amide bonds. The number of hydrogen-bond acceptors (Lipinski definition) is 5. The van der Waals surface area contributed by atoms with Gasteiger partial charge in [-0.3, -0.25) is 14.9 Å². The molecule has 0 heterocycles. The average molecular weight is 365 g/mol. The highest BCUT2D eigenvalue weighted by molar-refractivity contribution is 6.10. The van der Waals surface area contributed by atoms with Crippen molar-refractivity contribution in [3.05, 3.63) is 69.3 Å². The Labute approximate surface area is 157 Å². The van der Waals surface area contributed by atoms with Gasteiger partial charge in [0.1, 0.15) is 17.4 Å². The summed E-state index contributed by atoms with van der Waals surface area (Å²) in [6.45, 7) is 4.16. The van der Waals surface area contributed by atoms with Crippen molar-refractivity contribution in [2.24, 2.45) is 0 Å². The van der Waals surface area contributed by atoms with Crippen LogP contribution in [0.3, 0.4) is 0 Å². The summed E-state index contributed by atoms with van der Waals surface area (Å²) in [5.41, 5.74) is 1.87. The number of benzene rings is 2. The van der Waals surface area contributed by atoms with E-state index in [4.69, 9.17) is 4.74 Å². The average Bonchev–Trinajstić information content (AvgIpc) is 2.66. The minimum absolute atomic E-state index is 0.0901. The molecule has 0 spiro atoms. The number of nitro groups is 1. The zero-order valence-corrected chi connectivity index (χ0v) is 15.2. The van der Waals surface area contributed by atoms with Gasteiger partial charge in [0, 0.05) is 6.07 Å². The number of hydrogen-bond donors (Lipinski definition) is 1.